The molecule has 2 amide bonds. The molecule has 2 aromatic rings. The summed E-state index contributed by atoms with van der Waals surface area (Å²) in [4.78, 5) is 26.8. The van der Waals surface area contributed by atoms with Gasteiger partial charge in [-0.2, -0.15) is 0 Å². The van der Waals surface area contributed by atoms with Crippen molar-refractivity contribution in [1.29, 1.82) is 0 Å². The summed E-state index contributed by atoms with van der Waals surface area (Å²) in [6.07, 6.45) is 4.82. The minimum atomic E-state index is -0.694. The minimum absolute atomic E-state index is 0.204. The Labute approximate surface area is 150 Å². The second-order valence-electron chi connectivity index (χ2n) is 6.75. The lowest BCUT2D eigenvalue weighted by molar-refractivity contribution is -0.121. The van der Waals surface area contributed by atoms with Gasteiger partial charge in [-0.25, -0.2) is 4.39 Å². The van der Waals surface area contributed by atoms with E-state index in [0.29, 0.717) is 19.4 Å². The predicted molar refractivity (Wildman–Crippen MR) is 92.4 cm³/mol. The summed E-state index contributed by atoms with van der Waals surface area (Å²) in [6, 6.07) is 5.48. The van der Waals surface area contributed by atoms with Gasteiger partial charge >= 0.3 is 0 Å². The first kappa shape index (κ1) is 16.8. The van der Waals surface area contributed by atoms with E-state index in [4.69, 9.17) is 4.52 Å². The van der Waals surface area contributed by atoms with E-state index in [-0.39, 0.29) is 17.4 Å². The number of aromatic nitrogens is 1. The van der Waals surface area contributed by atoms with Crippen molar-refractivity contribution in [2.75, 3.05) is 11.4 Å². The number of aryl methyl sites for hydroxylation is 1. The lowest BCUT2D eigenvalue weighted by atomic mass is 9.95. The highest BCUT2D eigenvalue weighted by Crippen LogP contribution is 2.26. The molecule has 1 atom stereocenters. The Bertz CT molecular complexity index is 848. The van der Waals surface area contributed by atoms with Crippen molar-refractivity contribution >= 4 is 17.5 Å². The third-order valence-electron chi connectivity index (χ3n) is 5.05. The molecule has 1 saturated heterocycles. The van der Waals surface area contributed by atoms with Gasteiger partial charge in [-0.15, -0.1) is 0 Å². The Morgan fingerprint density at radius 2 is 2.04 bits per heavy atom. The number of fused-ring (bicyclic) bond motifs is 1. The fraction of sp³-hybridized carbons (Fsp3) is 0.421. The highest BCUT2D eigenvalue weighted by atomic mass is 19.1. The highest BCUT2D eigenvalue weighted by Gasteiger charge is 2.34. The number of carbonyl (C=O) groups excluding carboxylic acids is 2. The maximum atomic E-state index is 14.0. The fourth-order valence-electron chi connectivity index (χ4n) is 3.71. The van der Waals surface area contributed by atoms with E-state index in [0.717, 1.165) is 36.9 Å². The second kappa shape index (κ2) is 6.90. The second-order valence-corrected chi connectivity index (χ2v) is 6.75. The average Bonchev–Trinajstić information content (AvgIpc) is 3.08. The molecule has 6 nitrogen and oxygen atoms in total. The molecule has 0 saturated carbocycles. The molecular formula is C19H20FN3O3. The molecule has 2 aliphatic rings. The normalized spacial score (nSPS) is 20.0. The Morgan fingerprint density at radius 1 is 1.23 bits per heavy atom. The van der Waals surface area contributed by atoms with Gasteiger partial charge in [0.2, 0.25) is 11.7 Å². The molecule has 7 heteroatoms. The third kappa shape index (κ3) is 2.98. The summed E-state index contributed by atoms with van der Waals surface area (Å²) in [7, 11) is 0. The number of carbonyl (C=O) groups is 2. The molecule has 1 N–H and O–H groups in total. The summed E-state index contributed by atoms with van der Waals surface area (Å²) >= 11 is 0. The summed E-state index contributed by atoms with van der Waals surface area (Å²) in [5.41, 5.74) is 1.93. The molecule has 1 aliphatic heterocycles. The van der Waals surface area contributed by atoms with Gasteiger partial charge in [0, 0.05) is 12.1 Å². The summed E-state index contributed by atoms with van der Waals surface area (Å²) in [6.45, 7) is 0.434. The molecule has 4 rings (SSSR count). The Morgan fingerprint density at radius 3 is 2.88 bits per heavy atom. The van der Waals surface area contributed by atoms with Gasteiger partial charge in [0.05, 0.1) is 11.4 Å². The molecule has 2 heterocycles. The maximum Gasteiger partial charge on any atom is 0.290 e. The number of para-hydroxylation sites is 1. The number of anilines is 1. The van der Waals surface area contributed by atoms with E-state index in [1.807, 2.05) is 0 Å². The van der Waals surface area contributed by atoms with E-state index in [1.54, 1.807) is 18.2 Å². The van der Waals surface area contributed by atoms with Crippen molar-refractivity contribution in [3.8, 4) is 0 Å². The third-order valence-corrected chi connectivity index (χ3v) is 5.05. The largest absolute Gasteiger partial charge is 0.350 e. The van der Waals surface area contributed by atoms with Gasteiger partial charge in [0.15, 0.2) is 0 Å². The number of hydrogen-bond acceptors (Lipinski definition) is 4. The van der Waals surface area contributed by atoms with Crippen molar-refractivity contribution in [3.63, 3.8) is 0 Å². The maximum absolute atomic E-state index is 14.0. The van der Waals surface area contributed by atoms with E-state index in [1.165, 1.54) is 11.0 Å². The Hall–Kier alpha value is -2.70. The van der Waals surface area contributed by atoms with Crippen LogP contribution in [0.1, 0.15) is 47.5 Å². The molecule has 0 spiro atoms. The van der Waals surface area contributed by atoms with Gasteiger partial charge in [-0.1, -0.05) is 17.3 Å². The molecule has 1 aromatic heterocycles. The van der Waals surface area contributed by atoms with Crippen LogP contribution >= 0.6 is 0 Å². The van der Waals surface area contributed by atoms with Crippen LogP contribution in [0.3, 0.4) is 0 Å². The predicted octanol–water partition coefficient (Wildman–Crippen LogP) is 2.62. The zero-order chi connectivity index (χ0) is 18.1. The number of halogens is 1. The highest BCUT2D eigenvalue weighted by molar-refractivity contribution is 6.02. The summed E-state index contributed by atoms with van der Waals surface area (Å²) in [5.74, 6) is -0.967. The monoisotopic (exact) mass is 357 g/mol. The minimum Gasteiger partial charge on any atom is -0.350 e. The molecule has 136 valence electrons. The van der Waals surface area contributed by atoms with Gasteiger partial charge < -0.3 is 14.7 Å². The zero-order valence-corrected chi connectivity index (χ0v) is 14.3. The van der Waals surface area contributed by atoms with Crippen LogP contribution in [-0.2, 0) is 17.6 Å². The van der Waals surface area contributed by atoms with Crippen LogP contribution in [0, 0.1) is 5.82 Å². The average molecular weight is 357 g/mol. The number of hydrogen-bond donors (Lipinski definition) is 1. The van der Waals surface area contributed by atoms with Crippen LogP contribution in [0.25, 0.3) is 0 Å². The van der Waals surface area contributed by atoms with Gasteiger partial charge in [-0.05, 0) is 50.7 Å². The topological polar surface area (TPSA) is 75.4 Å². The van der Waals surface area contributed by atoms with Crippen molar-refractivity contribution in [1.82, 2.24) is 10.5 Å². The molecular weight excluding hydrogens is 337 g/mol. The molecule has 0 radical (unpaired) electrons. The van der Waals surface area contributed by atoms with E-state index in [9.17, 15) is 14.0 Å². The number of piperidine rings is 1. The molecule has 1 aliphatic carbocycles. The van der Waals surface area contributed by atoms with Crippen molar-refractivity contribution in [3.05, 3.63) is 47.1 Å². The van der Waals surface area contributed by atoms with Crippen LogP contribution < -0.4 is 10.2 Å². The standard InChI is InChI=1S/C19H20FN3O3/c20-13-7-2-4-10-16(13)23-11-5-9-15(19(23)25)21-18(24)17-12-6-1-3-8-14(12)22-26-17/h2,4,7,10,15H,1,3,5-6,8-9,11H2,(H,21,24). The Balaban J connectivity index is 1.51. The number of nitrogens with zero attached hydrogens (tertiary/aromatic N) is 2. The number of nitrogens with one attached hydrogen (secondary N) is 1. The lowest BCUT2D eigenvalue weighted by Gasteiger charge is -2.32. The number of amides is 2. The molecule has 0 bridgehead atoms. The van der Waals surface area contributed by atoms with E-state index < -0.39 is 17.8 Å². The first-order chi connectivity index (χ1) is 12.6. The van der Waals surface area contributed by atoms with Crippen LogP contribution in [0.5, 0.6) is 0 Å². The van der Waals surface area contributed by atoms with Crippen LogP contribution in [0.4, 0.5) is 10.1 Å². The van der Waals surface area contributed by atoms with Crippen molar-refractivity contribution < 1.29 is 18.5 Å². The first-order valence-corrected chi connectivity index (χ1v) is 8.99. The zero-order valence-electron chi connectivity index (χ0n) is 14.3. The van der Waals surface area contributed by atoms with Crippen LogP contribution in [0.15, 0.2) is 28.8 Å². The smallest absolute Gasteiger partial charge is 0.290 e. The Kier molecular flexibility index (Phi) is 4.44. The molecule has 1 unspecified atom stereocenters. The number of rotatable bonds is 3. The van der Waals surface area contributed by atoms with Crippen LogP contribution in [0.2, 0.25) is 0 Å². The SMILES string of the molecule is O=C(NC1CCCN(c2ccccc2F)C1=O)c1onc2c1CCCC2. The molecule has 1 fully saturated rings. The van der Waals surface area contributed by atoms with Crippen molar-refractivity contribution in [2.45, 2.75) is 44.6 Å². The van der Waals surface area contributed by atoms with Gasteiger partial charge in [-0.3, -0.25) is 9.59 Å². The van der Waals surface area contributed by atoms with E-state index in [2.05, 4.69) is 10.5 Å². The van der Waals surface area contributed by atoms with Gasteiger partial charge in [0.25, 0.3) is 5.91 Å². The van der Waals surface area contributed by atoms with Crippen LogP contribution in [-0.4, -0.2) is 29.6 Å². The molecule has 1 aromatic carbocycles. The summed E-state index contributed by atoms with van der Waals surface area (Å²) < 4.78 is 19.3. The fourth-order valence-corrected chi connectivity index (χ4v) is 3.71. The summed E-state index contributed by atoms with van der Waals surface area (Å²) in [5, 5.41) is 6.74. The lowest BCUT2D eigenvalue weighted by Crippen LogP contribution is -2.52. The van der Waals surface area contributed by atoms with Gasteiger partial charge in [0.1, 0.15) is 11.9 Å². The number of benzene rings is 1. The first-order valence-electron chi connectivity index (χ1n) is 8.99. The van der Waals surface area contributed by atoms with Crippen molar-refractivity contribution in [2.24, 2.45) is 0 Å². The van der Waals surface area contributed by atoms with E-state index >= 15 is 0 Å². The molecule has 26 heavy (non-hydrogen) atoms. The quantitative estimate of drug-likeness (QED) is 0.916.